The SMILES string of the molecule is CN=C(N)NC(=O)c1cc2c(C(F)(F)F)cc(Oc3cc(N)ccn3)cc2[nH]1. The van der Waals surface area contributed by atoms with Crippen LogP contribution in [0.5, 0.6) is 11.6 Å². The highest BCUT2D eigenvalue weighted by Crippen LogP contribution is 2.38. The van der Waals surface area contributed by atoms with E-state index in [2.05, 4.69) is 20.3 Å². The van der Waals surface area contributed by atoms with Crippen molar-refractivity contribution < 1.29 is 22.7 Å². The number of halogens is 3. The number of rotatable bonds is 3. The topological polar surface area (TPSA) is 131 Å². The second kappa shape index (κ2) is 7.10. The number of amides is 1. The first-order valence-corrected chi connectivity index (χ1v) is 7.84. The fourth-order valence-corrected chi connectivity index (χ4v) is 2.47. The molecule has 6 N–H and O–H groups in total. The zero-order valence-corrected chi connectivity index (χ0v) is 14.5. The Balaban J connectivity index is 2.06. The van der Waals surface area contributed by atoms with Crippen molar-refractivity contribution in [1.29, 1.82) is 0 Å². The number of alkyl halides is 3. The molecule has 3 aromatic rings. The van der Waals surface area contributed by atoms with Crippen molar-refractivity contribution in [2.75, 3.05) is 12.8 Å². The van der Waals surface area contributed by atoms with E-state index in [-0.39, 0.29) is 34.2 Å². The van der Waals surface area contributed by atoms with E-state index in [1.54, 1.807) is 0 Å². The predicted molar refractivity (Wildman–Crippen MR) is 97.0 cm³/mol. The second-order valence-electron chi connectivity index (χ2n) is 5.71. The van der Waals surface area contributed by atoms with E-state index in [0.29, 0.717) is 5.69 Å². The first-order valence-electron chi connectivity index (χ1n) is 7.84. The van der Waals surface area contributed by atoms with E-state index in [1.807, 2.05) is 0 Å². The van der Waals surface area contributed by atoms with Gasteiger partial charge in [-0.2, -0.15) is 13.2 Å². The molecule has 0 unspecified atom stereocenters. The molecule has 0 fully saturated rings. The summed E-state index contributed by atoms with van der Waals surface area (Å²) in [6, 6.07) is 6.11. The number of hydrogen-bond acceptors (Lipinski definition) is 5. The minimum absolute atomic E-state index is 0.0314. The van der Waals surface area contributed by atoms with Gasteiger partial charge in [0.05, 0.1) is 11.1 Å². The van der Waals surface area contributed by atoms with Gasteiger partial charge in [0.15, 0.2) is 5.96 Å². The number of fused-ring (bicyclic) bond motifs is 1. The van der Waals surface area contributed by atoms with Gasteiger partial charge in [0.25, 0.3) is 5.91 Å². The number of anilines is 1. The summed E-state index contributed by atoms with van der Waals surface area (Å²) in [5, 5.41) is 2.05. The number of aromatic amines is 1. The molecule has 0 radical (unpaired) electrons. The number of pyridine rings is 1. The molecule has 0 spiro atoms. The second-order valence-corrected chi connectivity index (χ2v) is 5.71. The zero-order chi connectivity index (χ0) is 20.5. The lowest BCUT2D eigenvalue weighted by atomic mass is 10.1. The van der Waals surface area contributed by atoms with Crippen molar-refractivity contribution >= 4 is 28.5 Å². The van der Waals surface area contributed by atoms with Crippen LogP contribution in [0.25, 0.3) is 10.9 Å². The lowest BCUT2D eigenvalue weighted by molar-refractivity contribution is -0.136. The molecule has 2 heterocycles. The van der Waals surface area contributed by atoms with E-state index in [4.69, 9.17) is 16.2 Å². The standard InChI is InChI=1S/C17H15F3N6O2/c1-23-16(22)26-15(27)13-7-10-11(17(18,19)20)5-9(6-12(10)25-13)28-14-4-8(21)2-3-24-14/h2-7,25H,1H3,(H2,21,24)(H3,22,23,26,27). The Hall–Kier alpha value is -3.76. The first kappa shape index (κ1) is 19.0. The van der Waals surface area contributed by atoms with Crippen molar-refractivity contribution in [3.8, 4) is 11.6 Å². The van der Waals surface area contributed by atoms with Crippen molar-refractivity contribution in [1.82, 2.24) is 15.3 Å². The third-order valence-corrected chi connectivity index (χ3v) is 3.73. The van der Waals surface area contributed by atoms with Crippen LogP contribution in [0.4, 0.5) is 18.9 Å². The number of benzene rings is 1. The summed E-state index contributed by atoms with van der Waals surface area (Å²) in [5.41, 5.74) is 10.3. The Morgan fingerprint density at radius 2 is 2.04 bits per heavy atom. The van der Waals surface area contributed by atoms with Gasteiger partial charge in [0.2, 0.25) is 5.88 Å². The van der Waals surface area contributed by atoms with Crippen LogP contribution in [0.2, 0.25) is 0 Å². The van der Waals surface area contributed by atoms with Gasteiger partial charge in [-0.15, -0.1) is 0 Å². The van der Waals surface area contributed by atoms with Gasteiger partial charge in [-0.25, -0.2) is 4.98 Å². The molecule has 8 nitrogen and oxygen atoms in total. The van der Waals surface area contributed by atoms with E-state index in [1.165, 1.54) is 31.4 Å². The summed E-state index contributed by atoms with van der Waals surface area (Å²) < 4.78 is 46.0. The third-order valence-electron chi connectivity index (χ3n) is 3.73. The third kappa shape index (κ3) is 3.98. The molecule has 2 aromatic heterocycles. The molecule has 1 amide bonds. The summed E-state index contributed by atoms with van der Waals surface area (Å²) in [7, 11) is 1.36. The molecule has 0 atom stereocenters. The molecule has 146 valence electrons. The Morgan fingerprint density at radius 3 is 2.68 bits per heavy atom. The molecule has 0 bridgehead atoms. The average molecular weight is 392 g/mol. The fraction of sp³-hybridized carbons (Fsp3) is 0.118. The molecule has 0 aliphatic heterocycles. The van der Waals surface area contributed by atoms with Crippen LogP contribution in [0, 0.1) is 0 Å². The number of nitrogens with one attached hydrogen (secondary N) is 2. The van der Waals surface area contributed by atoms with Gasteiger partial charge in [-0.1, -0.05) is 0 Å². The monoisotopic (exact) mass is 392 g/mol. The first-order chi connectivity index (χ1) is 13.2. The number of H-pyrrole nitrogens is 1. The number of nitrogen functional groups attached to an aromatic ring is 1. The summed E-state index contributed by atoms with van der Waals surface area (Å²) in [5.74, 6) is -0.992. The van der Waals surface area contributed by atoms with E-state index >= 15 is 0 Å². The van der Waals surface area contributed by atoms with Gasteiger partial charge in [-0.05, 0) is 18.2 Å². The number of aromatic nitrogens is 2. The predicted octanol–water partition coefficient (Wildman–Crippen LogP) is 2.63. The van der Waals surface area contributed by atoms with Crippen LogP contribution in [-0.4, -0.2) is 28.9 Å². The number of nitrogens with zero attached hydrogens (tertiary/aromatic N) is 2. The van der Waals surface area contributed by atoms with E-state index in [0.717, 1.165) is 12.1 Å². The highest BCUT2D eigenvalue weighted by molar-refractivity contribution is 6.07. The van der Waals surface area contributed by atoms with Crippen LogP contribution < -0.4 is 21.5 Å². The lowest BCUT2D eigenvalue weighted by Crippen LogP contribution is -2.36. The molecule has 1 aromatic carbocycles. The van der Waals surface area contributed by atoms with Gasteiger partial charge in [0.1, 0.15) is 11.4 Å². The number of ether oxygens (including phenoxy) is 1. The summed E-state index contributed by atoms with van der Waals surface area (Å²) in [6.07, 6.45) is -3.31. The Kier molecular flexibility index (Phi) is 4.82. The molecular formula is C17H15F3N6O2. The van der Waals surface area contributed by atoms with Crippen LogP contribution in [-0.2, 0) is 6.18 Å². The molecule has 11 heteroatoms. The number of nitrogens with two attached hydrogens (primary N) is 2. The summed E-state index contributed by atoms with van der Waals surface area (Å²) in [6.45, 7) is 0. The van der Waals surface area contributed by atoms with Gasteiger partial charge >= 0.3 is 6.18 Å². The molecule has 0 aliphatic rings. The van der Waals surface area contributed by atoms with E-state index in [9.17, 15) is 18.0 Å². The molecule has 0 saturated carbocycles. The minimum Gasteiger partial charge on any atom is -0.439 e. The maximum atomic E-state index is 13.5. The van der Waals surface area contributed by atoms with E-state index < -0.39 is 17.6 Å². The number of hydrogen-bond donors (Lipinski definition) is 4. The maximum Gasteiger partial charge on any atom is 0.417 e. The Labute approximate surface area is 156 Å². The molecule has 3 rings (SSSR count). The highest BCUT2D eigenvalue weighted by Gasteiger charge is 2.34. The number of carbonyl (C=O) groups excluding carboxylic acids is 1. The highest BCUT2D eigenvalue weighted by atomic mass is 19.4. The molecule has 0 saturated heterocycles. The lowest BCUT2D eigenvalue weighted by Gasteiger charge is -2.11. The number of carbonyl (C=O) groups is 1. The van der Waals surface area contributed by atoms with Crippen LogP contribution in [0.1, 0.15) is 16.1 Å². The van der Waals surface area contributed by atoms with Crippen LogP contribution in [0.3, 0.4) is 0 Å². The van der Waals surface area contributed by atoms with Crippen LogP contribution >= 0.6 is 0 Å². The smallest absolute Gasteiger partial charge is 0.417 e. The molecule has 0 aliphatic carbocycles. The number of guanidine groups is 1. The van der Waals surface area contributed by atoms with Crippen LogP contribution in [0.15, 0.2) is 41.5 Å². The van der Waals surface area contributed by atoms with Crippen molar-refractivity contribution in [3.63, 3.8) is 0 Å². The Morgan fingerprint density at radius 1 is 1.29 bits per heavy atom. The normalized spacial score (nSPS) is 12.2. The fourth-order valence-electron chi connectivity index (χ4n) is 2.47. The minimum atomic E-state index is -4.68. The van der Waals surface area contributed by atoms with Gasteiger partial charge in [0, 0.05) is 36.5 Å². The largest absolute Gasteiger partial charge is 0.439 e. The number of aliphatic imine (C=N–C) groups is 1. The van der Waals surface area contributed by atoms with Gasteiger partial charge < -0.3 is 21.2 Å². The Bertz CT molecular complexity index is 1070. The van der Waals surface area contributed by atoms with Crippen molar-refractivity contribution in [2.45, 2.75) is 6.18 Å². The van der Waals surface area contributed by atoms with Crippen molar-refractivity contribution in [2.24, 2.45) is 10.7 Å². The zero-order valence-electron chi connectivity index (χ0n) is 14.5. The van der Waals surface area contributed by atoms with Crippen molar-refractivity contribution in [3.05, 3.63) is 47.8 Å². The average Bonchev–Trinajstić information content (AvgIpc) is 3.04. The maximum absolute atomic E-state index is 13.5. The summed E-state index contributed by atoms with van der Waals surface area (Å²) >= 11 is 0. The molecule has 28 heavy (non-hydrogen) atoms. The quantitative estimate of drug-likeness (QED) is 0.402. The summed E-state index contributed by atoms with van der Waals surface area (Å²) in [4.78, 5) is 22.2. The molecular weight excluding hydrogens is 377 g/mol. The van der Waals surface area contributed by atoms with Gasteiger partial charge in [-0.3, -0.25) is 15.1 Å².